The number of nitrogens with zero attached hydrogens (tertiary/aromatic N) is 1. The van der Waals surface area contributed by atoms with Gasteiger partial charge in [0.05, 0.1) is 0 Å². The summed E-state index contributed by atoms with van der Waals surface area (Å²) in [6, 6.07) is 15.1. The van der Waals surface area contributed by atoms with Crippen LogP contribution in [0.1, 0.15) is 34.8 Å². The number of benzene rings is 2. The van der Waals surface area contributed by atoms with E-state index in [-0.39, 0.29) is 5.78 Å². The number of hydrogen-bond donors (Lipinski definition) is 1. The summed E-state index contributed by atoms with van der Waals surface area (Å²) in [5.41, 5.74) is 0.866. The monoisotopic (exact) mass is 394 g/mol. The fourth-order valence-electron chi connectivity index (χ4n) is 3.28. The maximum Gasteiger partial charge on any atom is 0.326 e. The van der Waals surface area contributed by atoms with Gasteiger partial charge in [0.1, 0.15) is 12.1 Å². The Bertz CT molecular complexity index is 939. The Hall–Kier alpha value is -3.48. The Balaban J connectivity index is 1.64. The molecule has 7 nitrogen and oxygen atoms in total. The standard InChI is InChI=1S/C22H22N2O5/c1-3-22(17-7-5-4-6-8-17)20(27)24(21(28)23-22)13-19(26)29-14-18(25)16-11-9-15(2)10-12-16/h4-12H,3,13-14H2,1-2H3,(H,23,28). The first-order valence-electron chi connectivity index (χ1n) is 9.32. The van der Waals surface area contributed by atoms with Gasteiger partial charge in [0.15, 0.2) is 12.4 Å². The molecule has 1 unspecified atom stereocenters. The molecule has 29 heavy (non-hydrogen) atoms. The maximum atomic E-state index is 13.0. The number of amides is 3. The van der Waals surface area contributed by atoms with E-state index in [2.05, 4.69) is 5.32 Å². The lowest BCUT2D eigenvalue weighted by Crippen LogP contribution is -2.44. The summed E-state index contributed by atoms with van der Waals surface area (Å²) in [5, 5.41) is 2.70. The van der Waals surface area contributed by atoms with E-state index in [0.29, 0.717) is 17.5 Å². The highest BCUT2D eigenvalue weighted by atomic mass is 16.5. The van der Waals surface area contributed by atoms with Crippen LogP contribution in [-0.2, 0) is 19.9 Å². The molecule has 0 aliphatic carbocycles. The molecule has 0 radical (unpaired) electrons. The summed E-state index contributed by atoms with van der Waals surface area (Å²) in [6.45, 7) is 2.68. The minimum absolute atomic E-state index is 0.332. The number of imide groups is 1. The fraction of sp³-hybridized carbons (Fsp3) is 0.273. The molecule has 1 heterocycles. The predicted molar refractivity (Wildman–Crippen MR) is 105 cm³/mol. The van der Waals surface area contributed by atoms with E-state index < -0.39 is 36.6 Å². The minimum atomic E-state index is -1.21. The van der Waals surface area contributed by atoms with Crippen LogP contribution in [-0.4, -0.2) is 41.7 Å². The summed E-state index contributed by atoms with van der Waals surface area (Å²) in [4.78, 5) is 50.5. The van der Waals surface area contributed by atoms with E-state index >= 15 is 0 Å². The van der Waals surface area contributed by atoms with Gasteiger partial charge >= 0.3 is 12.0 Å². The third-order valence-electron chi connectivity index (χ3n) is 5.00. The van der Waals surface area contributed by atoms with E-state index in [0.717, 1.165) is 10.5 Å². The van der Waals surface area contributed by atoms with Crippen LogP contribution in [0.25, 0.3) is 0 Å². The molecular weight excluding hydrogens is 372 g/mol. The zero-order chi connectivity index (χ0) is 21.0. The highest BCUT2D eigenvalue weighted by Gasteiger charge is 2.51. The van der Waals surface area contributed by atoms with Gasteiger partial charge in [0, 0.05) is 5.56 Å². The Labute approximate surface area is 168 Å². The Morgan fingerprint density at radius 2 is 1.69 bits per heavy atom. The van der Waals surface area contributed by atoms with Crippen LogP contribution in [0.5, 0.6) is 0 Å². The van der Waals surface area contributed by atoms with Crippen LogP contribution in [0.15, 0.2) is 54.6 Å². The zero-order valence-corrected chi connectivity index (χ0v) is 16.3. The number of Topliss-reactive ketones (excluding diaryl/α,β-unsaturated/α-hetero) is 1. The average Bonchev–Trinajstić information content (AvgIpc) is 2.98. The van der Waals surface area contributed by atoms with Gasteiger partial charge in [-0.15, -0.1) is 0 Å². The Morgan fingerprint density at radius 1 is 1.03 bits per heavy atom. The largest absolute Gasteiger partial charge is 0.456 e. The van der Waals surface area contributed by atoms with E-state index in [1.165, 1.54) is 0 Å². The van der Waals surface area contributed by atoms with Crippen molar-refractivity contribution in [3.8, 4) is 0 Å². The van der Waals surface area contributed by atoms with Crippen molar-refractivity contribution in [1.29, 1.82) is 0 Å². The molecule has 0 aromatic heterocycles. The first kappa shape index (κ1) is 20.3. The molecule has 1 atom stereocenters. The molecule has 7 heteroatoms. The minimum Gasteiger partial charge on any atom is -0.456 e. The SMILES string of the molecule is CCC1(c2ccccc2)NC(=O)N(CC(=O)OCC(=O)c2ccc(C)cc2)C1=O. The van der Waals surface area contributed by atoms with Crippen LogP contribution in [0.4, 0.5) is 4.79 Å². The number of hydrogen-bond acceptors (Lipinski definition) is 5. The molecule has 150 valence electrons. The molecule has 0 bridgehead atoms. The average molecular weight is 394 g/mol. The highest BCUT2D eigenvalue weighted by molar-refractivity contribution is 6.09. The molecule has 1 saturated heterocycles. The second-order valence-corrected chi connectivity index (χ2v) is 6.90. The molecule has 2 aromatic carbocycles. The molecule has 1 aliphatic heterocycles. The van der Waals surface area contributed by atoms with Crippen molar-refractivity contribution in [2.45, 2.75) is 25.8 Å². The lowest BCUT2D eigenvalue weighted by molar-refractivity contribution is -0.147. The summed E-state index contributed by atoms with van der Waals surface area (Å²) in [6.07, 6.45) is 0.332. The third-order valence-corrected chi connectivity index (χ3v) is 5.00. The van der Waals surface area contributed by atoms with Crippen molar-refractivity contribution in [3.05, 3.63) is 71.3 Å². The number of ether oxygens (including phenoxy) is 1. The molecule has 3 rings (SSSR count). The number of rotatable bonds is 7. The molecule has 1 aliphatic rings. The number of carbonyl (C=O) groups excluding carboxylic acids is 4. The van der Waals surface area contributed by atoms with Crippen molar-refractivity contribution in [2.75, 3.05) is 13.2 Å². The summed E-state index contributed by atoms with van der Waals surface area (Å²) in [5.74, 6) is -1.70. The number of esters is 1. The second kappa shape index (κ2) is 8.26. The van der Waals surface area contributed by atoms with Crippen molar-refractivity contribution < 1.29 is 23.9 Å². The van der Waals surface area contributed by atoms with Crippen LogP contribution in [0.2, 0.25) is 0 Å². The normalized spacial score (nSPS) is 18.5. The summed E-state index contributed by atoms with van der Waals surface area (Å²) >= 11 is 0. The molecule has 1 N–H and O–H groups in total. The van der Waals surface area contributed by atoms with Gasteiger partial charge in [0.25, 0.3) is 5.91 Å². The maximum absolute atomic E-state index is 13.0. The van der Waals surface area contributed by atoms with Gasteiger partial charge in [0.2, 0.25) is 0 Å². The van der Waals surface area contributed by atoms with E-state index in [1.807, 2.05) is 13.0 Å². The first-order valence-corrected chi connectivity index (χ1v) is 9.32. The number of ketones is 1. The topological polar surface area (TPSA) is 92.8 Å². The van der Waals surface area contributed by atoms with E-state index in [1.54, 1.807) is 55.5 Å². The number of urea groups is 1. The van der Waals surface area contributed by atoms with Crippen molar-refractivity contribution in [1.82, 2.24) is 10.2 Å². The van der Waals surface area contributed by atoms with Crippen LogP contribution in [0, 0.1) is 6.92 Å². The van der Waals surface area contributed by atoms with Gasteiger partial charge in [-0.3, -0.25) is 19.3 Å². The van der Waals surface area contributed by atoms with Crippen molar-refractivity contribution in [3.63, 3.8) is 0 Å². The van der Waals surface area contributed by atoms with Crippen LogP contribution >= 0.6 is 0 Å². The van der Waals surface area contributed by atoms with Crippen molar-refractivity contribution in [2.24, 2.45) is 0 Å². The lowest BCUT2D eigenvalue weighted by atomic mass is 9.87. The van der Waals surface area contributed by atoms with Gasteiger partial charge < -0.3 is 10.1 Å². The van der Waals surface area contributed by atoms with Crippen LogP contribution < -0.4 is 5.32 Å². The number of aryl methyl sites for hydroxylation is 1. The van der Waals surface area contributed by atoms with Gasteiger partial charge in [-0.2, -0.15) is 0 Å². The van der Waals surface area contributed by atoms with Crippen LogP contribution in [0.3, 0.4) is 0 Å². The Kier molecular flexibility index (Phi) is 5.77. The Morgan fingerprint density at radius 3 is 2.31 bits per heavy atom. The number of nitrogens with one attached hydrogen (secondary N) is 1. The van der Waals surface area contributed by atoms with Gasteiger partial charge in [-0.25, -0.2) is 4.79 Å². The smallest absolute Gasteiger partial charge is 0.326 e. The van der Waals surface area contributed by atoms with Gasteiger partial charge in [-0.05, 0) is 18.9 Å². The first-order chi connectivity index (χ1) is 13.9. The highest BCUT2D eigenvalue weighted by Crippen LogP contribution is 2.32. The summed E-state index contributed by atoms with van der Waals surface area (Å²) < 4.78 is 4.99. The predicted octanol–water partition coefficient (Wildman–Crippen LogP) is 2.58. The van der Waals surface area contributed by atoms with Gasteiger partial charge in [-0.1, -0.05) is 67.1 Å². The molecular formula is C22H22N2O5. The van der Waals surface area contributed by atoms with E-state index in [9.17, 15) is 19.2 Å². The van der Waals surface area contributed by atoms with E-state index in [4.69, 9.17) is 4.74 Å². The lowest BCUT2D eigenvalue weighted by Gasteiger charge is -2.25. The number of carbonyl (C=O) groups is 4. The molecule has 0 saturated carbocycles. The zero-order valence-electron chi connectivity index (χ0n) is 16.3. The molecule has 1 fully saturated rings. The molecule has 3 amide bonds. The molecule has 0 spiro atoms. The third kappa shape index (κ3) is 4.03. The fourth-order valence-corrected chi connectivity index (χ4v) is 3.28. The van der Waals surface area contributed by atoms with Crippen molar-refractivity contribution >= 4 is 23.7 Å². The quantitative estimate of drug-likeness (QED) is 0.443. The second-order valence-electron chi connectivity index (χ2n) is 6.90. The molecule has 2 aromatic rings. The summed E-state index contributed by atoms with van der Waals surface area (Å²) in [7, 11) is 0.